The summed E-state index contributed by atoms with van der Waals surface area (Å²) in [6.07, 6.45) is 0.133. The molecule has 0 bridgehead atoms. The third kappa shape index (κ3) is 4.24. The Morgan fingerprint density at radius 1 is 1.42 bits per heavy atom. The van der Waals surface area contributed by atoms with Gasteiger partial charge in [0.15, 0.2) is 0 Å². The van der Waals surface area contributed by atoms with Gasteiger partial charge in [-0.05, 0) is 18.1 Å². The van der Waals surface area contributed by atoms with Crippen molar-refractivity contribution in [1.29, 1.82) is 0 Å². The van der Waals surface area contributed by atoms with E-state index in [-0.39, 0.29) is 37.1 Å². The molecule has 2 N–H and O–H groups in total. The molecule has 1 saturated heterocycles. The first-order valence-corrected chi connectivity index (χ1v) is 7.85. The normalized spacial score (nSPS) is 18.3. The van der Waals surface area contributed by atoms with Gasteiger partial charge in [-0.1, -0.05) is 19.1 Å². The van der Waals surface area contributed by atoms with Crippen LogP contribution in [0.2, 0.25) is 0 Å². The highest BCUT2D eigenvalue weighted by Crippen LogP contribution is 2.32. The van der Waals surface area contributed by atoms with Crippen LogP contribution in [0.3, 0.4) is 0 Å². The number of aliphatic carboxylic acids is 1. The smallest absolute Gasteiger partial charge is 0.303 e. The molecule has 0 spiro atoms. The van der Waals surface area contributed by atoms with Crippen molar-refractivity contribution in [3.8, 4) is 5.75 Å². The van der Waals surface area contributed by atoms with E-state index in [1.165, 1.54) is 7.11 Å². The lowest BCUT2D eigenvalue weighted by Gasteiger charge is -2.19. The van der Waals surface area contributed by atoms with Crippen LogP contribution in [0.25, 0.3) is 0 Å². The van der Waals surface area contributed by atoms with E-state index in [2.05, 4.69) is 5.32 Å². The lowest BCUT2D eigenvalue weighted by molar-refractivity contribution is -0.138. The van der Waals surface area contributed by atoms with Crippen LogP contribution in [-0.4, -0.2) is 43.1 Å². The van der Waals surface area contributed by atoms with Crippen molar-refractivity contribution in [2.45, 2.75) is 19.8 Å². The number of methoxy groups -OCH3 is 1. The van der Waals surface area contributed by atoms with Gasteiger partial charge in [0.05, 0.1) is 18.7 Å². The zero-order valence-corrected chi connectivity index (χ0v) is 13.8. The van der Waals surface area contributed by atoms with E-state index in [0.29, 0.717) is 18.0 Å². The Balaban J connectivity index is 1.96. The Morgan fingerprint density at radius 2 is 2.12 bits per heavy atom. The standard InChI is InChI=1S/C17H22N2O5/c1-11(7-16(21)22)9-18-17(23)12-8-15(20)19(10-12)13-5-3-4-6-14(13)24-2/h3-6,11-12H,7-10H2,1-2H3,(H,18,23)(H,21,22). The summed E-state index contributed by atoms with van der Waals surface area (Å²) in [4.78, 5) is 36.7. The number of nitrogens with one attached hydrogen (secondary N) is 1. The van der Waals surface area contributed by atoms with Crippen molar-refractivity contribution in [3.63, 3.8) is 0 Å². The van der Waals surface area contributed by atoms with E-state index in [1.54, 1.807) is 24.0 Å². The predicted molar refractivity (Wildman–Crippen MR) is 87.9 cm³/mol. The molecule has 1 heterocycles. The van der Waals surface area contributed by atoms with Crippen LogP contribution < -0.4 is 15.0 Å². The van der Waals surface area contributed by atoms with Gasteiger partial charge >= 0.3 is 5.97 Å². The van der Waals surface area contributed by atoms with Crippen LogP contribution in [0, 0.1) is 11.8 Å². The third-order valence-electron chi connectivity index (χ3n) is 4.02. The van der Waals surface area contributed by atoms with Crippen molar-refractivity contribution in [1.82, 2.24) is 5.32 Å². The number of carbonyl (C=O) groups excluding carboxylic acids is 2. The summed E-state index contributed by atoms with van der Waals surface area (Å²) in [5, 5.41) is 11.5. The monoisotopic (exact) mass is 334 g/mol. The second-order valence-corrected chi connectivity index (χ2v) is 6.03. The number of hydrogen-bond donors (Lipinski definition) is 2. The van der Waals surface area contributed by atoms with Crippen molar-refractivity contribution in [3.05, 3.63) is 24.3 Å². The molecule has 1 aromatic carbocycles. The fraction of sp³-hybridized carbons (Fsp3) is 0.471. The molecule has 2 atom stereocenters. The van der Waals surface area contributed by atoms with Gasteiger partial charge in [0.1, 0.15) is 5.75 Å². The van der Waals surface area contributed by atoms with E-state index in [9.17, 15) is 14.4 Å². The van der Waals surface area contributed by atoms with Gasteiger partial charge < -0.3 is 20.1 Å². The molecule has 0 aromatic heterocycles. The molecule has 0 aliphatic carbocycles. The lowest BCUT2D eigenvalue weighted by atomic mass is 10.1. The first kappa shape index (κ1) is 17.8. The van der Waals surface area contributed by atoms with E-state index >= 15 is 0 Å². The number of benzene rings is 1. The van der Waals surface area contributed by atoms with Crippen LogP contribution >= 0.6 is 0 Å². The molecule has 130 valence electrons. The van der Waals surface area contributed by atoms with Crippen molar-refractivity contribution in [2.75, 3.05) is 25.1 Å². The molecule has 0 saturated carbocycles. The van der Waals surface area contributed by atoms with Gasteiger partial charge in [0.25, 0.3) is 0 Å². The van der Waals surface area contributed by atoms with E-state index in [4.69, 9.17) is 9.84 Å². The van der Waals surface area contributed by atoms with Crippen molar-refractivity contribution >= 4 is 23.5 Å². The molecule has 24 heavy (non-hydrogen) atoms. The Hall–Kier alpha value is -2.57. The number of rotatable bonds is 7. The Kier molecular flexibility index (Phi) is 5.78. The van der Waals surface area contributed by atoms with Crippen LogP contribution in [0.5, 0.6) is 5.75 Å². The fourth-order valence-corrected chi connectivity index (χ4v) is 2.76. The van der Waals surface area contributed by atoms with E-state index < -0.39 is 11.9 Å². The minimum atomic E-state index is -0.893. The molecular weight excluding hydrogens is 312 g/mol. The maximum atomic E-state index is 12.3. The second-order valence-electron chi connectivity index (χ2n) is 6.03. The molecule has 1 fully saturated rings. The van der Waals surface area contributed by atoms with Crippen molar-refractivity contribution in [2.24, 2.45) is 11.8 Å². The van der Waals surface area contributed by atoms with Gasteiger partial charge in [-0.3, -0.25) is 14.4 Å². The molecule has 0 radical (unpaired) electrons. The quantitative estimate of drug-likeness (QED) is 0.783. The van der Waals surface area contributed by atoms with Crippen LogP contribution in [-0.2, 0) is 14.4 Å². The maximum Gasteiger partial charge on any atom is 0.303 e. The number of carboxylic acids is 1. The number of amides is 2. The number of anilines is 1. The molecule has 2 unspecified atom stereocenters. The molecule has 1 aliphatic rings. The molecule has 2 amide bonds. The Bertz CT molecular complexity index is 631. The number of para-hydroxylation sites is 2. The average Bonchev–Trinajstić information content (AvgIpc) is 2.93. The highest BCUT2D eigenvalue weighted by Gasteiger charge is 2.36. The molecule has 1 aromatic rings. The van der Waals surface area contributed by atoms with Gasteiger partial charge in [-0.2, -0.15) is 0 Å². The van der Waals surface area contributed by atoms with Crippen molar-refractivity contribution < 1.29 is 24.2 Å². The van der Waals surface area contributed by atoms with Gasteiger partial charge in [0.2, 0.25) is 11.8 Å². The Morgan fingerprint density at radius 3 is 2.79 bits per heavy atom. The number of carboxylic acid groups (broad SMARTS) is 1. The van der Waals surface area contributed by atoms with E-state index in [1.807, 2.05) is 12.1 Å². The summed E-state index contributed by atoms with van der Waals surface area (Å²) in [7, 11) is 1.54. The number of hydrogen-bond acceptors (Lipinski definition) is 4. The zero-order chi connectivity index (χ0) is 17.7. The molecular formula is C17H22N2O5. The first-order valence-electron chi connectivity index (χ1n) is 7.85. The molecule has 1 aliphatic heterocycles. The zero-order valence-electron chi connectivity index (χ0n) is 13.8. The van der Waals surface area contributed by atoms with Gasteiger partial charge in [-0.15, -0.1) is 0 Å². The Labute approximate surface area is 140 Å². The first-order chi connectivity index (χ1) is 11.4. The summed E-state index contributed by atoms with van der Waals surface area (Å²) in [6.45, 7) is 2.33. The highest BCUT2D eigenvalue weighted by atomic mass is 16.5. The van der Waals surface area contributed by atoms with Crippen LogP contribution in [0.1, 0.15) is 19.8 Å². The number of nitrogens with zero attached hydrogens (tertiary/aromatic N) is 1. The predicted octanol–water partition coefficient (Wildman–Crippen LogP) is 1.28. The van der Waals surface area contributed by atoms with Crippen LogP contribution in [0.15, 0.2) is 24.3 Å². The minimum absolute atomic E-state index is 0.00276. The van der Waals surface area contributed by atoms with Crippen LogP contribution in [0.4, 0.5) is 5.69 Å². The SMILES string of the molecule is COc1ccccc1N1CC(C(=O)NCC(C)CC(=O)O)CC1=O. The summed E-state index contributed by atoms with van der Waals surface area (Å²) in [5.41, 5.74) is 0.652. The fourth-order valence-electron chi connectivity index (χ4n) is 2.76. The van der Waals surface area contributed by atoms with Gasteiger partial charge in [0, 0.05) is 25.9 Å². The summed E-state index contributed by atoms with van der Waals surface area (Å²) < 4.78 is 5.27. The largest absolute Gasteiger partial charge is 0.495 e. The topological polar surface area (TPSA) is 95.9 Å². The molecule has 7 heteroatoms. The lowest BCUT2D eigenvalue weighted by Crippen LogP contribution is -2.35. The second kappa shape index (κ2) is 7.81. The number of carbonyl (C=O) groups is 3. The summed E-state index contributed by atoms with van der Waals surface area (Å²) in [6, 6.07) is 7.18. The third-order valence-corrected chi connectivity index (χ3v) is 4.02. The summed E-state index contributed by atoms with van der Waals surface area (Å²) >= 11 is 0. The number of ether oxygens (including phenoxy) is 1. The van der Waals surface area contributed by atoms with E-state index in [0.717, 1.165) is 0 Å². The average molecular weight is 334 g/mol. The highest BCUT2D eigenvalue weighted by molar-refractivity contribution is 6.01. The summed E-state index contributed by atoms with van der Waals surface area (Å²) in [5.74, 6) is -1.26. The molecule has 2 rings (SSSR count). The van der Waals surface area contributed by atoms with Gasteiger partial charge in [-0.25, -0.2) is 0 Å². The molecule has 7 nitrogen and oxygen atoms in total. The maximum absolute atomic E-state index is 12.3. The minimum Gasteiger partial charge on any atom is -0.495 e.